The van der Waals surface area contributed by atoms with Crippen molar-refractivity contribution < 1.29 is 9.59 Å². The van der Waals surface area contributed by atoms with Gasteiger partial charge in [-0.05, 0) is 37.1 Å². The first-order valence-electron chi connectivity index (χ1n) is 9.15. The number of carbonyl (C=O) groups excluding carboxylic acids is 2. The first-order chi connectivity index (χ1) is 13.5. The Bertz CT molecular complexity index is 1050. The van der Waals surface area contributed by atoms with E-state index in [1.54, 1.807) is 36.8 Å². The Morgan fingerprint density at radius 3 is 2.68 bits per heavy atom. The molecule has 1 fully saturated rings. The predicted octanol–water partition coefficient (Wildman–Crippen LogP) is 3.84. The maximum absolute atomic E-state index is 13.5. The van der Waals surface area contributed by atoms with Crippen LogP contribution >= 0.6 is 11.9 Å². The molecule has 1 saturated heterocycles. The van der Waals surface area contributed by atoms with E-state index in [1.807, 2.05) is 49.5 Å². The van der Waals surface area contributed by atoms with Crippen LogP contribution in [0.15, 0.2) is 48.8 Å². The zero-order chi connectivity index (χ0) is 19.8. The number of hydrogen-bond donors (Lipinski definition) is 0. The zero-order valence-electron chi connectivity index (χ0n) is 16.1. The van der Waals surface area contributed by atoms with Crippen LogP contribution < -0.4 is 4.31 Å². The third kappa shape index (κ3) is 3.05. The highest BCUT2D eigenvalue weighted by Crippen LogP contribution is 2.35. The summed E-state index contributed by atoms with van der Waals surface area (Å²) >= 11 is 1.65. The van der Waals surface area contributed by atoms with Gasteiger partial charge in [-0.1, -0.05) is 18.2 Å². The van der Waals surface area contributed by atoms with E-state index in [4.69, 9.17) is 0 Å². The van der Waals surface area contributed by atoms with Gasteiger partial charge < -0.3 is 9.21 Å². The van der Waals surface area contributed by atoms with E-state index in [0.717, 1.165) is 16.6 Å². The summed E-state index contributed by atoms with van der Waals surface area (Å²) in [4.78, 5) is 31.9. The number of nitrogens with zero attached hydrogens (tertiary/aromatic N) is 4. The molecular weight excluding hydrogens is 372 g/mol. The molecule has 1 aliphatic rings. The zero-order valence-corrected chi connectivity index (χ0v) is 16.9. The second kappa shape index (κ2) is 7.31. The van der Waals surface area contributed by atoms with Crippen LogP contribution in [0.3, 0.4) is 0 Å². The Balaban J connectivity index is 1.71. The number of anilines is 1. The molecule has 7 heteroatoms. The number of ketones is 1. The molecular formula is C21H22N4O2S. The van der Waals surface area contributed by atoms with Gasteiger partial charge in [0.1, 0.15) is 0 Å². The number of carbonyl (C=O) groups is 2. The van der Waals surface area contributed by atoms with Crippen LogP contribution in [0.5, 0.6) is 0 Å². The van der Waals surface area contributed by atoms with E-state index in [1.165, 1.54) is 4.90 Å². The molecule has 144 valence electrons. The Morgan fingerprint density at radius 1 is 1.18 bits per heavy atom. The average Bonchev–Trinajstić information content (AvgIpc) is 3.30. The fourth-order valence-electron chi connectivity index (χ4n) is 3.65. The normalized spacial score (nSPS) is 16.5. The molecule has 0 bridgehead atoms. The quantitative estimate of drug-likeness (QED) is 0.499. The largest absolute Gasteiger partial charge is 0.330 e. The van der Waals surface area contributed by atoms with E-state index >= 15 is 0 Å². The van der Waals surface area contributed by atoms with Crippen LogP contribution in [-0.4, -0.2) is 52.7 Å². The molecule has 0 radical (unpaired) electrons. The van der Waals surface area contributed by atoms with E-state index < -0.39 is 0 Å². The average molecular weight is 395 g/mol. The Kier molecular flexibility index (Phi) is 4.85. The highest BCUT2D eigenvalue weighted by Gasteiger charge is 2.34. The van der Waals surface area contributed by atoms with Crippen molar-refractivity contribution in [2.75, 3.05) is 30.7 Å². The number of benzene rings is 1. The molecule has 1 atom stereocenters. The van der Waals surface area contributed by atoms with Gasteiger partial charge in [0.25, 0.3) is 0 Å². The van der Waals surface area contributed by atoms with Crippen LogP contribution in [0.25, 0.3) is 10.9 Å². The molecule has 1 aliphatic heterocycles. The summed E-state index contributed by atoms with van der Waals surface area (Å²) in [5.74, 6) is 0.685. The van der Waals surface area contributed by atoms with Gasteiger partial charge in [0.15, 0.2) is 5.78 Å². The van der Waals surface area contributed by atoms with Crippen LogP contribution in [-0.2, 0) is 0 Å². The van der Waals surface area contributed by atoms with E-state index in [-0.39, 0.29) is 17.7 Å². The molecule has 28 heavy (non-hydrogen) atoms. The number of hydrogen-bond acceptors (Lipinski definition) is 5. The summed E-state index contributed by atoms with van der Waals surface area (Å²) in [6.45, 7) is 2.49. The lowest BCUT2D eigenvalue weighted by atomic mass is 9.96. The van der Waals surface area contributed by atoms with Gasteiger partial charge in [0.2, 0.25) is 0 Å². The maximum Gasteiger partial charge on any atom is 0.328 e. The molecule has 0 N–H and O–H groups in total. The lowest BCUT2D eigenvalue weighted by Crippen LogP contribution is -2.28. The number of aromatic nitrogens is 2. The lowest BCUT2D eigenvalue weighted by Gasteiger charge is -2.16. The second-order valence-electron chi connectivity index (χ2n) is 7.12. The van der Waals surface area contributed by atoms with E-state index in [0.29, 0.717) is 23.6 Å². The number of pyridine rings is 1. The van der Waals surface area contributed by atoms with Crippen molar-refractivity contribution in [1.29, 1.82) is 0 Å². The number of amides is 1. The van der Waals surface area contributed by atoms with Crippen LogP contribution in [0.1, 0.15) is 16.1 Å². The standard InChI is InChI=1S/C21H22N4O2S/c1-14-19(17-8-4-5-9-18(17)25(14)21(27)23(2)3)20(26)15-12-24(28-13-15)16-7-6-10-22-11-16/h4-11,15H,12-13H2,1-3H3. The van der Waals surface area contributed by atoms with Gasteiger partial charge in [-0.15, -0.1) is 0 Å². The molecule has 4 rings (SSSR count). The fraction of sp³-hybridized carbons (Fsp3) is 0.286. The van der Waals surface area contributed by atoms with Crippen molar-refractivity contribution in [2.45, 2.75) is 6.92 Å². The van der Waals surface area contributed by atoms with Crippen molar-refractivity contribution in [1.82, 2.24) is 14.5 Å². The smallest absolute Gasteiger partial charge is 0.328 e. The summed E-state index contributed by atoms with van der Waals surface area (Å²) in [6.07, 6.45) is 3.56. The van der Waals surface area contributed by atoms with E-state index in [2.05, 4.69) is 9.29 Å². The minimum atomic E-state index is -0.148. The van der Waals surface area contributed by atoms with Crippen molar-refractivity contribution >= 4 is 40.4 Å². The molecule has 1 amide bonds. The molecule has 0 saturated carbocycles. The maximum atomic E-state index is 13.5. The molecule has 1 aromatic carbocycles. The predicted molar refractivity (Wildman–Crippen MR) is 113 cm³/mol. The van der Waals surface area contributed by atoms with Gasteiger partial charge >= 0.3 is 6.03 Å². The summed E-state index contributed by atoms with van der Waals surface area (Å²) < 4.78 is 3.76. The van der Waals surface area contributed by atoms with Crippen molar-refractivity contribution in [2.24, 2.45) is 5.92 Å². The molecule has 3 heterocycles. The first-order valence-corrected chi connectivity index (χ1v) is 10.1. The fourth-order valence-corrected chi connectivity index (χ4v) is 4.81. The third-order valence-corrected chi connectivity index (χ3v) is 6.28. The minimum absolute atomic E-state index is 0.0953. The molecule has 3 aromatic rings. The molecule has 2 aromatic heterocycles. The molecule has 1 unspecified atom stereocenters. The van der Waals surface area contributed by atoms with E-state index in [9.17, 15) is 9.59 Å². The Hall–Kier alpha value is -2.80. The summed E-state index contributed by atoms with van der Waals surface area (Å²) in [7, 11) is 3.44. The molecule has 0 spiro atoms. The summed E-state index contributed by atoms with van der Waals surface area (Å²) in [5, 5.41) is 0.838. The van der Waals surface area contributed by atoms with Gasteiger partial charge in [0, 0.05) is 49.2 Å². The van der Waals surface area contributed by atoms with Gasteiger partial charge in [-0.2, -0.15) is 0 Å². The van der Waals surface area contributed by atoms with Gasteiger partial charge in [0.05, 0.1) is 23.3 Å². The van der Waals surface area contributed by atoms with Gasteiger partial charge in [-0.3, -0.25) is 14.3 Å². The summed E-state index contributed by atoms with van der Waals surface area (Å²) in [5.41, 5.74) is 3.14. The topological polar surface area (TPSA) is 58.4 Å². The third-order valence-electron chi connectivity index (χ3n) is 5.05. The van der Waals surface area contributed by atoms with Crippen LogP contribution in [0.2, 0.25) is 0 Å². The number of rotatable bonds is 3. The molecule has 0 aliphatic carbocycles. The highest BCUT2D eigenvalue weighted by molar-refractivity contribution is 8.00. The van der Waals surface area contributed by atoms with Crippen LogP contribution in [0.4, 0.5) is 10.5 Å². The Labute approximate surface area is 168 Å². The number of fused-ring (bicyclic) bond motifs is 1. The summed E-state index contributed by atoms with van der Waals surface area (Å²) in [6, 6.07) is 11.4. The Morgan fingerprint density at radius 2 is 1.96 bits per heavy atom. The SMILES string of the molecule is Cc1c(C(=O)C2CSN(c3cccnc3)C2)c2ccccc2n1C(=O)N(C)C. The first kappa shape index (κ1) is 18.6. The van der Waals surface area contributed by atoms with Crippen molar-refractivity contribution in [3.63, 3.8) is 0 Å². The minimum Gasteiger partial charge on any atom is -0.330 e. The molecule has 6 nitrogen and oxygen atoms in total. The lowest BCUT2D eigenvalue weighted by molar-refractivity contribution is 0.0941. The number of Topliss-reactive ketones (excluding diaryl/α,β-unsaturated/α-hetero) is 1. The second-order valence-corrected chi connectivity index (χ2v) is 8.15. The van der Waals surface area contributed by atoms with Gasteiger partial charge in [-0.25, -0.2) is 4.79 Å². The van der Waals surface area contributed by atoms with Crippen molar-refractivity contribution in [3.05, 3.63) is 60.0 Å². The van der Waals surface area contributed by atoms with Crippen molar-refractivity contribution in [3.8, 4) is 0 Å². The highest BCUT2D eigenvalue weighted by atomic mass is 32.2. The monoisotopic (exact) mass is 394 g/mol. The number of para-hydroxylation sites is 1. The van der Waals surface area contributed by atoms with Crippen LogP contribution in [0, 0.1) is 12.8 Å².